The quantitative estimate of drug-likeness (QED) is 0.227. The third-order valence-electron chi connectivity index (χ3n) is 3.84. The van der Waals surface area contributed by atoms with Crippen LogP contribution >= 0.6 is 46.4 Å². The number of halogens is 11. The Balaban J connectivity index is 2.62. The van der Waals surface area contributed by atoms with Crippen LogP contribution in [0.4, 0.5) is 30.7 Å². The summed E-state index contributed by atoms with van der Waals surface area (Å²) in [5, 5.41) is -2.33. The first-order valence-corrected chi connectivity index (χ1v) is 9.14. The first-order chi connectivity index (χ1) is 13.6. The largest absolute Gasteiger partial charge is 0.417 e. The SMILES string of the molecule is O=C(Cl)c1ccc(C(F)=CC(c2cc(Cl)c(Cl)c(Cl)c2)C(F)(F)F)cc1C(F)(F)F. The molecule has 0 fully saturated rings. The molecule has 0 radical (unpaired) electrons. The van der Waals surface area contributed by atoms with Gasteiger partial charge in [0.2, 0.25) is 0 Å². The summed E-state index contributed by atoms with van der Waals surface area (Å²) in [6.07, 6.45) is -10.1. The smallest absolute Gasteiger partial charge is 0.276 e. The zero-order valence-corrected chi connectivity index (χ0v) is 17.1. The van der Waals surface area contributed by atoms with Crippen LogP contribution in [0.1, 0.15) is 33.0 Å². The maximum Gasteiger partial charge on any atom is 0.417 e. The van der Waals surface area contributed by atoms with Gasteiger partial charge in [-0.1, -0.05) is 40.9 Å². The summed E-state index contributed by atoms with van der Waals surface area (Å²) in [7, 11) is 0. The Morgan fingerprint density at radius 1 is 0.933 bits per heavy atom. The molecule has 1 unspecified atom stereocenters. The highest BCUT2D eigenvalue weighted by atomic mass is 35.5. The Morgan fingerprint density at radius 2 is 1.47 bits per heavy atom. The standard InChI is InChI=1S/C18H7Cl4F7O/c19-12-4-8(5-13(20)15(12)21)10(17(24,25)26)6-14(23)7-1-2-9(16(22)30)11(3-7)18(27,28)29/h1-6,10H. The maximum absolute atomic E-state index is 14.6. The molecular formula is C18H7Cl4F7O. The third kappa shape index (κ3) is 5.60. The minimum atomic E-state index is -5.10. The molecule has 30 heavy (non-hydrogen) atoms. The lowest BCUT2D eigenvalue weighted by atomic mass is 9.95. The summed E-state index contributed by atoms with van der Waals surface area (Å²) < 4.78 is 94.5. The summed E-state index contributed by atoms with van der Waals surface area (Å²) in [6, 6.07) is 3.09. The number of hydrogen-bond donors (Lipinski definition) is 0. The highest BCUT2D eigenvalue weighted by molar-refractivity contribution is 6.68. The van der Waals surface area contributed by atoms with Gasteiger partial charge in [0.15, 0.2) is 0 Å². The average molecular weight is 514 g/mol. The molecule has 0 aliphatic rings. The van der Waals surface area contributed by atoms with Crippen molar-refractivity contribution in [3.8, 4) is 0 Å². The molecule has 0 aromatic heterocycles. The van der Waals surface area contributed by atoms with Gasteiger partial charge in [-0.2, -0.15) is 26.3 Å². The number of carbonyl (C=O) groups excluding carboxylic acids is 1. The zero-order chi connectivity index (χ0) is 23.0. The number of hydrogen-bond acceptors (Lipinski definition) is 1. The minimum absolute atomic E-state index is 0.0631. The summed E-state index contributed by atoms with van der Waals surface area (Å²) in [5.74, 6) is -4.23. The fourth-order valence-corrected chi connectivity index (χ4v) is 3.25. The van der Waals surface area contributed by atoms with E-state index in [9.17, 15) is 35.5 Å². The van der Waals surface area contributed by atoms with Gasteiger partial charge in [-0.3, -0.25) is 4.79 Å². The van der Waals surface area contributed by atoms with E-state index in [1.807, 2.05) is 0 Å². The van der Waals surface area contributed by atoms with Crippen LogP contribution < -0.4 is 0 Å². The van der Waals surface area contributed by atoms with Gasteiger partial charge in [0.1, 0.15) is 11.7 Å². The van der Waals surface area contributed by atoms with Gasteiger partial charge >= 0.3 is 12.4 Å². The van der Waals surface area contributed by atoms with Crippen molar-refractivity contribution in [1.29, 1.82) is 0 Å². The number of alkyl halides is 6. The van der Waals surface area contributed by atoms with E-state index < -0.39 is 51.6 Å². The fraction of sp³-hybridized carbons (Fsp3) is 0.167. The van der Waals surface area contributed by atoms with Gasteiger partial charge < -0.3 is 0 Å². The van der Waals surface area contributed by atoms with E-state index in [0.717, 1.165) is 12.1 Å². The average Bonchev–Trinajstić information content (AvgIpc) is 2.61. The second-order valence-corrected chi connectivity index (χ2v) is 7.40. The van der Waals surface area contributed by atoms with E-state index in [0.29, 0.717) is 12.1 Å². The van der Waals surface area contributed by atoms with Crippen molar-refractivity contribution in [2.75, 3.05) is 0 Å². The van der Waals surface area contributed by atoms with Crippen LogP contribution in [0.5, 0.6) is 0 Å². The van der Waals surface area contributed by atoms with Gasteiger partial charge in [0.05, 0.1) is 20.6 Å². The molecular weight excluding hydrogens is 507 g/mol. The van der Waals surface area contributed by atoms with Crippen LogP contribution in [0.25, 0.3) is 5.83 Å². The lowest BCUT2D eigenvalue weighted by molar-refractivity contribution is -0.140. The molecule has 2 aromatic carbocycles. The van der Waals surface area contributed by atoms with Crippen LogP contribution in [-0.2, 0) is 6.18 Å². The van der Waals surface area contributed by atoms with Crippen LogP contribution in [-0.4, -0.2) is 11.4 Å². The molecule has 0 bridgehead atoms. The van der Waals surface area contributed by atoms with E-state index >= 15 is 0 Å². The van der Waals surface area contributed by atoms with Crippen LogP contribution in [0, 0.1) is 0 Å². The highest BCUT2D eigenvalue weighted by Gasteiger charge is 2.41. The molecule has 12 heteroatoms. The van der Waals surface area contributed by atoms with Crippen LogP contribution in [0.2, 0.25) is 15.1 Å². The Labute approximate surface area is 185 Å². The van der Waals surface area contributed by atoms with Gasteiger partial charge in [-0.05, 0) is 47.5 Å². The van der Waals surface area contributed by atoms with Crippen molar-refractivity contribution in [1.82, 2.24) is 0 Å². The van der Waals surface area contributed by atoms with Crippen molar-refractivity contribution in [2.24, 2.45) is 0 Å². The molecule has 1 atom stereocenters. The molecule has 0 spiro atoms. The molecule has 0 aliphatic heterocycles. The first kappa shape index (κ1) is 24.8. The second-order valence-electron chi connectivity index (χ2n) is 5.86. The van der Waals surface area contributed by atoms with Gasteiger partial charge in [-0.15, -0.1) is 0 Å². The number of rotatable bonds is 4. The van der Waals surface area contributed by atoms with Gasteiger partial charge in [0, 0.05) is 11.1 Å². The Kier molecular flexibility index (Phi) is 7.39. The van der Waals surface area contributed by atoms with Crippen molar-refractivity contribution < 1.29 is 35.5 Å². The molecule has 0 saturated heterocycles. The van der Waals surface area contributed by atoms with Crippen molar-refractivity contribution in [3.63, 3.8) is 0 Å². The van der Waals surface area contributed by atoms with E-state index in [1.54, 1.807) is 0 Å². The Hall–Kier alpha value is -1.48. The number of benzene rings is 2. The van der Waals surface area contributed by atoms with E-state index in [4.69, 9.17) is 46.4 Å². The topological polar surface area (TPSA) is 17.1 Å². The van der Waals surface area contributed by atoms with Crippen LogP contribution in [0.15, 0.2) is 36.4 Å². The molecule has 0 heterocycles. The molecule has 2 aromatic rings. The van der Waals surface area contributed by atoms with Crippen molar-refractivity contribution in [3.05, 3.63) is 73.7 Å². The van der Waals surface area contributed by atoms with E-state index in [2.05, 4.69) is 0 Å². The number of allylic oxidation sites excluding steroid dienone is 1. The lowest BCUT2D eigenvalue weighted by Gasteiger charge is -2.19. The third-order valence-corrected chi connectivity index (χ3v) is 5.24. The van der Waals surface area contributed by atoms with E-state index in [-0.39, 0.29) is 27.2 Å². The Bertz CT molecular complexity index is 990. The molecule has 162 valence electrons. The van der Waals surface area contributed by atoms with E-state index in [1.165, 1.54) is 0 Å². The van der Waals surface area contributed by atoms with Gasteiger partial charge in [0.25, 0.3) is 5.24 Å². The maximum atomic E-state index is 14.6. The summed E-state index contributed by atoms with van der Waals surface area (Å²) in [5.41, 5.74) is -3.99. The number of carbonyl (C=O) groups is 1. The normalized spacial score (nSPS) is 14.0. The summed E-state index contributed by atoms with van der Waals surface area (Å²) in [6.45, 7) is 0. The molecule has 1 nitrogen and oxygen atoms in total. The fourth-order valence-electron chi connectivity index (χ4n) is 2.48. The second kappa shape index (κ2) is 8.94. The lowest BCUT2D eigenvalue weighted by Crippen LogP contribution is -2.19. The summed E-state index contributed by atoms with van der Waals surface area (Å²) >= 11 is 22.2. The Morgan fingerprint density at radius 3 is 1.90 bits per heavy atom. The zero-order valence-electron chi connectivity index (χ0n) is 14.1. The van der Waals surface area contributed by atoms with Crippen molar-refractivity contribution >= 4 is 57.5 Å². The molecule has 0 saturated carbocycles. The molecule has 0 aliphatic carbocycles. The summed E-state index contributed by atoms with van der Waals surface area (Å²) in [4.78, 5) is 11.2. The molecule has 0 N–H and O–H groups in total. The monoisotopic (exact) mass is 512 g/mol. The first-order valence-electron chi connectivity index (χ1n) is 7.63. The predicted molar refractivity (Wildman–Crippen MR) is 101 cm³/mol. The molecule has 2 rings (SSSR count). The van der Waals surface area contributed by atoms with Crippen LogP contribution in [0.3, 0.4) is 0 Å². The van der Waals surface area contributed by atoms with Crippen molar-refractivity contribution in [2.45, 2.75) is 18.3 Å². The van der Waals surface area contributed by atoms with Gasteiger partial charge in [-0.25, -0.2) is 4.39 Å². The minimum Gasteiger partial charge on any atom is -0.276 e. The predicted octanol–water partition coefficient (Wildman–Crippen LogP) is 8.70. The highest BCUT2D eigenvalue weighted by Crippen LogP contribution is 2.42. The molecule has 0 amide bonds.